The number of likely N-dealkylation sites (N-methyl/N-ethyl adjacent to an activating group) is 1. The van der Waals surface area contributed by atoms with Crippen LogP contribution in [-0.4, -0.2) is 36.1 Å². The third-order valence-electron chi connectivity index (χ3n) is 5.35. The van der Waals surface area contributed by atoms with E-state index in [4.69, 9.17) is 5.73 Å². The van der Waals surface area contributed by atoms with Crippen LogP contribution < -0.4 is 11.1 Å². The van der Waals surface area contributed by atoms with E-state index >= 15 is 0 Å². The minimum atomic E-state index is -0.207. The average Bonchev–Trinajstić information content (AvgIpc) is 2.62. The second-order valence-corrected chi connectivity index (χ2v) is 7.53. The van der Waals surface area contributed by atoms with E-state index in [1.165, 1.54) is 12.5 Å². The quantitative estimate of drug-likeness (QED) is 0.721. The van der Waals surface area contributed by atoms with Gasteiger partial charge in [0, 0.05) is 40.8 Å². The molecule has 1 aromatic heterocycles. The van der Waals surface area contributed by atoms with Crippen LogP contribution in [0.15, 0.2) is 42.6 Å². The highest BCUT2D eigenvalue weighted by Gasteiger charge is 2.19. The van der Waals surface area contributed by atoms with Gasteiger partial charge in [0.15, 0.2) is 0 Å². The van der Waals surface area contributed by atoms with Gasteiger partial charge in [0.05, 0.1) is 0 Å². The summed E-state index contributed by atoms with van der Waals surface area (Å²) in [5.74, 6) is 0.280. The van der Waals surface area contributed by atoms with E-state index in [1.807, 2.05) is 31.2 Å². The number of rotatable bonds is 3. The number of nitrogens with two attached hydrogens (primary N) is 1. The summed E-state index contributed by atoms with van der Waals surface area (Å²) < 4.78 is 14.6. The minimum absolute atomic E-state index is 0.207. The number of aromatic nitrogens is 1. The monoisotopic (exact) mass is 364 g/mol. The van der Waals surface area contributed by atoms with Gasteiger partial charge in [-0.05, 0) is 68.8 Å². The number of likely N-dealkylation sites (tertiary alicyclic amines) is 1. The van der Waals surface area contributed by atoms with Crippen molar-refractivity contribution in [3.63, 3.8) is 0 Å². The Morgan fingerprint density at radius 3 is 2.89 bits per heavy atom. The number of nitrogens with zero attached hydrogens (tertiary/aromatic N) is 2. The number of nitrogen functional groups attached to an aromatic ring is 1. The van der Waals surface area contributed by atoms with Gasteiger partial charge >= 0.3 is 0 Å². The van der Waals surface area contributed by atoms with Gasteiger partial charge < -0.3 is 16.0 Å². The summed E-state index contributed by atoms with van der Waals surface area (Å²) in [5, 5.41) is 5.66. The van der Waals surface area contributed by atoms with E-state index < -0.39 is 0 Å². The molecule has 140 valence electrons. The van der Waals surface area contributed by atoms with Crippen molar-refractivity contribution in [1.82, 2.24) is 9.88 Å². The highest BCUT2D eigenvalue weighted by molar-refractivity contribution is 5.98. The van der Waals surface area contributed by atoms with Crippen LogP contribution in [0.5, 0.6) is 0 Å². The Morgan fingerprint density at radius 1 is 1.26 bits per heavy atom. The Kier molecular flexibility index (Phi) is 4.70. The summed E-state index contributed by atoms with van der Waals surface area (Å²) in [5.41, 5.74) is 9.34. The van der Waals surface area contributed by atoms with Gasteiger partial charge in [-0.15, -0.1) is 0 Å². The molecule has 5 heteroatoms. The fraction of sp³-hybridized carbons (Fsp3) is 0.318. The second kappa shape index (κ2) is 7.16. The molecule has 3 N–H and O–H groups in total. The van der Waals surface area contributed by atoms with Crippen molar-refractivity contribution in [3.8, 4) is 11.1 Å². The zero-order valence-corrected chi connectivity index (χ0v) is 15.8. The second-order valence-electron chi connectivity index (χ2n) is 7.53. The van der Waals surface area contributed by atoms with E-state index in [2.05, 4.69) is 22.2 Å². The zero-order chi connectivity index (χ0) is 19.0. The van der Waals surface area contributed by atoms with Gasteiger partial charge in [0.1, 0.15) is 11.6 Å². The lowest BCUT2D eigenvalue weighted by molar-refractivity contribution is 0.261. The normalized spacial score (nSPS) is 18.0. The van der Waals surface area contributed by atoms with Crippen LogP contribution in [0.2, 0.25) is 0 Å². The molecule has 0 bridgehead atoms. The van der Waals surface area contributed by atoms with E-state index in [0.717, 1.165) is 47.1 Å². The van der Waals surface area contributed by atoms with Crippen molar-refractivity contribution in [3.05, 3.63) is 54.0 Å². The van der Waals surface area contributed by atoms with Crippen LogP contribution >= 0.6 is 0 Å². The molecule has 1 aliphatic heterocycles. The Balaban J connectivity index is 1.84. The van der Waals surface area contributed by atoms with Crippen molar-refractivity contribution in [2.45, 2.75) is 25.8 Å². The molecule has 1 saturated heterocycles. The zero-order valence-electron chi connectivity index (χ0n) is 15.8. The molecule has 0 aliphatic carbocycles. The number of anilines is 2. The van der Waals surface area contributed by atoms with Crippen LogP contribution in [0.1, 0.15) is 18.4 Å². The highest BCUT2D eigenvalue weighted by Crippen LogP contribution is 2.35. The molecule has 2 heterocycles. The lowest BCUT2D eigenvalue weighted by Gasteiger charge is -2.31. The minimum Gasteiger partial charge on any atom is -0.384 e. The molecular formula is C22H25FN4. The van der Waals surface area contributed by atoms with Crippen molar-refractivity contribution < 1.29 is 4.39 Å². The molecule has 3 aromatic rings. The molecule has 0 saturated carbocycles. The summed E-state index contributed by atoms with van der Waals surface area (Å²) in [6.07, 6.45) is 4.06. The van der Waals surface area contributed by atoms with Gasteiger partial charge in [-0.25, -0.2) is 9.37 Å². The average molecular weight is 364 g/mol. The molecule has 1 fully saturated rings. The fourth-order valence-electron chi connectivity index (χ4n) is 4.04. The van der Waals surface area contributed by atoms with Crippen LogP contribution in [0.4, 0.5) is 15.9 Å². The molecule has 1 atom stereocenters. The lowest BCUT2D eigenvalue weighted by Crippen LogP contribution is -2.39. The molecule has 0 amide bonds. The van der Waals surface area contributed by atoms with Gasteiger partial charge in [0.2, 0.25) is 0 Å². The number of hydrogen-bond acceptors (Lipinski definition) is 4. The van der Waals surface area contributed by atoms with Gasteiger partial charge in [-0.3, -0.25) is 0 Å². The van der Waals surface area contributed by atoms with Crippen LogP contribution in [0.3, 0.4) is 0 Å². The van der Waals surface area contributed by atoms with Gasteiger partial charge in [-0.2, -0.15) is 0 Å². The number of benzene rings is 2. The number of nitrogens with one attached hydrogen (secondary N) is 1. The summed E-state index contributed by atoms with van der Waals surface area (Å²) in [6.45, 7) is 4.06. The smallest absolute Gasteiger partial charge is 0.131 e. The van der Waals surface area contributed by atoms with Crippen LogP contribution in [-0.2, 0) is 0 Å². The molecule has 1 aliphatic rings. The molecule has 0 unspecified atom stereocenters. The Hall–Kier alpha value is -2.66. The molecule has 4 nitrogen and oxygen atoms in total. The number of halogens is 1. The highest BCUT2D eigenvalue weighted by atomic mass is 19.1. The maximum atomic E-state index is 14.6. The standard InChI is InChI=1S/C22H25FN4/c1-14-5-3-7-19(23)22(14)15-9-16-12-25-21(24)11-18(16)20(10-15)26-17-6-4-8-27(2)13-17/h3,5,7,9-12,17,26H,4,6,8,13H2,1-2H3,(H2,24,25)/t17-/m0/s1. The maximum Gasteiger partial charge on any atom is 0.131 e. The summed E-state index contributed by atoms with van der Waals surface area (Å²) in [4.78, 5) is 6.57. The van der Waals surface area contributed by atoms with E-state index in [9.17, 15) is 4.39 Å². The van der Waals surface area contributed by atoms with E-state index in [0.29, 0.717) is 17.4 Å². The van der Waals surface area contributed by atoms with Crippen LogP contribution in [0, 0.1) is 12.7 Å². The summed E-state index contributed by atoms with van der Waals surface area (Å²) in [7, 11) is 2.15. The maximum absolute atomic E-state index is 14.6. The van der Waals surface area contributed by atoms with Gasteiger partial charge in [-0.1, -0.05) is 12.1 Å². The third-order valence-corrected chi connectivity index (χ3v) is 5.35. The number of hydrogen-bond donors (Lipinski definition) is 2. The first-order valence-corrected chi connectivity index (χ1v) is 9.41. The van der Waals surface area contributed by atoms with Crippen LogP contribution in [0.25, 0.3) is 21.9 Å². The molecule has 27 heavy (non-hydrogen) atoms. The molecular weight excluding hydrogens is 339 g/mol. The first-order valence-electron chi connectivity index (χ1n) is 9.41. The predicted octanol–water partition coefficient (Wildman–Crippen LogP) is 4.44. The topological polar surface area (TPSA) is 54.2 Å². The van der Waals surface area contributed by atoms with E-state index in [1.54, 1.807) is 12.3 Å². The summed E-state index contributed by atoms with van der Waals surface area (Å²) in [6, 6.07) is 11.5. The summed E-state index contributed by atoms with van der Waals surface area (Å²) >= 11 is 0. The van der Waals surface area contributed by atoms with Gasteiger partial charge in [0.25, 0.3) is 0 Å². The lowest BCUT2D eigenvalue weighted by atomic mass is 9.96. The van der Waals surface area contributed by atoms with Crippen molar-refractivity contribution in [1.29, 1.82) is 0 Å². The van der Waals surface area contributed by atoms with Crippen molar-refractivity contribution >= 4 is 22.3 Å². The Bertz CT molecular complexity index is 965. The number of fused-ring (bicyclic) bond motifs is 1. The first kappa shape index (κ1) is 17.7. The predicted molar refractivity (Wildman–Crippen MR) is 110 cm³/mol. The largest absolute Gasteiger partial charge is 0.384 e. The SMILES string of the molecule is Cc1cccc(F)c1-c1cc(N[C@H]2CCCN(C)C2)c2cc(N)ncc2c1. The molecule has 0 radical (unpaired) electrons. The Labute approximate surface area is 159 Å². The molecule has 2 aromatic carbocycles. The third kappa shape index (κ3) is 3.60. The van der Waals surface area contributed by atoms with E-state index in [-0.39, 0.29) is 5.82 Å². The van der Waals surface area contributed by atoms with Crippen molar-refractivity contribution in [2.24, 2.45) is 0 Å². The first-order chi connectivity index (χ1) is 13.0. The fourth-order valence-corrected chi connectivity index (χ4v) is 4.04. The number of piperidine rings is 1. The number of aryl methyl sites for hydroxylation is 1. The Morgan fingerprint density at radius 2 is 2.11 bits per heavy atom. The molecule has 4 rings (SSSR count). The number of pyridine rings is 1. The van der Waals surface area contributed by atoms with Crippen molar-refractivity contribution in [2.75, 3.05) is 31.2 Å². The molecule has 0 spiro atoms.